The van der Waals surface area contributed by atoms with Gasteiger partial charge in [0.05, 0.1) is 6.04 Å². The first-order valence-electron chi connectivity index (χ1n) is 9.97. The molecular weight excluding hydrogens is 396 g/mol. The minimum Gasteiger partial charge on any atom is -0.480 e. The Balaban J connectivity index is 2.74. The van der Waals surface area contributed by atoms with Crippen molar-refractivity contribution in [2.45, 2.75) is 70.6 Å². The average molecular weight is 431 g/mol. The molecule has 10 heteroatoms. The molecule has 166 valence electrons. The van der Waals surface area contributed by atoms with Gasteiger partial charge in [0.1, 0.15) is 18.1 Å². The summed E-state index contributed by atoms with van der Waals surface area (Å²) < 4.78 is 0. The molecule has 1 heterocycles. The minimum atomic E-state index is -1.04. The second kappa shape index (κ2) is 12.0. The number of aliphatic carboxylic acids is 1. The van der Waals surface area contributed by atoms with Crippen LogP contribution >= 0.6 is 11.8 Å². The number of thioether (sulfide) groups is 1. The van der Waals surface area contributed by atoms with Gasteiger partial charge in [-0.25, -0.2) is 4.79 Å². The van der Waals surface area contributed by atoms with Gasteiger partial charge in [-0.05, 0) is 50.5 Å². The Hall–Kier alpha value is -1.81. The molecule has 0 spiro atoms. The molecule has 1 rings (SSSR count). The lowest BCUT2D eigenvalue weighted by molar-refractivity contribution is -0.149. The second-order valence-electron chi connectivity index (χ2n) is 7.84. The Labute approximate surface area is 176 Å². The fourth-order valence-corrected chi connectivity index (χ4v) is 3.76. The number of nitrogens with two attached hydrogens (primary N) is 1. The van der Waals surface area contributed by atoms with Crippen molar-refractivity contribution in [3.63, 3.8) is 0 Å². The van der Waals surface area contributed by atoms with Crippen molar-refractivity contribution in [1.29, 1.82) is 0 Å². The lowest BCUT2D eigenvalue weighted by Gasteiger charge is -2.27. The van der Waals surface area contributed by atoms with Crippen LogP contribution in [0, 0.1) is 5.92 Å². The first kappa shape index (κ1) is 25.2. The molecule has 4 atom stereocenters. The van der Waals surface area contributed by atoms with E-state index >= 15 is 0 Å². The zero-order valence-electron chi connectivity index (χ0n) is 17.6. The summed E-state index contributed by atoms with van der Waals surface area (Å²) in [7, 11) is 0. The van der Waals surface area contributed by atoms with E-state index in [9.17, 15) is 24.3 Å². The molecule has 0 bridgehead atoms. The fourth-order valence-electron chi connectivity index (χ4n) is 3.27. The van der Waals surface area contributed by atoms with Crippen LogP contribution in [0.3, 0.4) is 0 Å². The molecule has 9 nitrogen and oxygen atoms in total. The van der Waals surface area contributed by atoms with Crippen molar-refractivity contribution in [2.75, 3.05) is 18.6 Å². The summed E-state index contributed by atoms with van der Waals surface area (Å²) in [6, 6.07) is -3.27. The van der Waals surface area contributed by atoms with Crippen LogP contribution < -0.4 is 16.4 Å². The minimum absolute atomic E-state index is 0.134. The van der Waals surface area contributed by atoms with Gasteiger partial charge >= 0.3 is 5.97 Å². The van der Waals surface area contributed by atoms with Crippen molar-refractivity contribution in [1.82, 2.24) is 15.5 Å². The number of rotatable bonds is 11. The largest absolute Gasteiger partial charge is 0.480 e. The van der Waals surface area contributed by atoms with E-state index in [1.54, 1.807) is 11.8 Å². The number of nitrogens with one attached hydrogen (secondary N) is 2. The molecule has 4 unspecified atom stereocenters. The zero-order chi connectivity index (χ0) is 22.1. The molecule has 3 amide bonds. The lowest BCUT2D eigenvalue weighted by atomic mass is 10.0. The zero-order valence-corrected chi connectivity index (χ0v) is 18.5. The third-order valence-electron chi connectivity index (χ3n) is 4.86. The Morgan fingerprint density at radius 2 is 1.83 bits per heavy atom. The summed E-state index contributed by atoms with van der Waals surface area (Å²) in [5, 5.41) is 14.6. The van der Waals surface area contributed by atoms with Crippen molar-refractivity contribution in [3.05, 3.63) is 0 Å². The summed E-state index contributed by atoms with van der Waals surface area (Å²) in [6.45, 7) is 5.73. The van der Waals surface area contributed by atoms with Gasteiger partial charge in [-0.15, -0.1) is 0 Å². The Morgan fingerprint density at radius 1 is 1.17 bits per heavy atom. The summed E-state index contributed by atoms with van der Waals surface area (Å²) in [4.78, 5) is 50.3. The van der Waals surface area contributed by atoms with Crippen LogP contribution in [0.5, 0.6) is 0 Å². The predicted octanol–water partition coefficient (Wildman–Crippen LogP) is 0.178. The highest BCUT2D eigenvalue weighted by Crippen LogP contribution is 2.18. The third kappa shape index (κ3) is 7.85. The number of hydrogen-bond acceptors (Lipinski definition) is 6. The number of likely N-dealkylation sites (tertiary alicyclic amines) is 1. The standard InChI is InChI=1S/C19H34N4O5S/c1-11(2)10-14(22-16(24)13(20)7-9-29-4)17(25)21-12(3)18(26)23-8-5-6-15(23)19(27)28/h11-15H,5-10,20H2,1-4H3,(H,21,25)(H,22,24)(H,27,28). The van der Waals surface area contributed by atoms with E-state index in [-0.39, 0.29) is 5.92 Å². The molecule has 1 fully saturated rings. The SMILES string of the molecule is CSCCC(N)C(=O)NC(CC(C)C)C(=O)NC(C)C(=O)N1CCCC1C(=O)O. The van der Waals surface area contributed by atoms with Crippen LogP contribution in [-0.2, 0) is 19.2 Å². The Bertz CT molecular complexity index is 601. The van der Waals surface area contributed by atoms with Gasteiger partial charge in [-0.3, -0.25) is 14.4 Å². The first-order chi connectivity index (χ1) is 13.6. The van der Waals surface area contributed by atoms with E-state index in [0.29, 0.717) is 32.2 Å². The summed E-state index contributed by atoms with van der Waals surface area (Å²) in [5.41, 5.74) is 5.88. The predicted molar refractivity (Wildman–Crippen MR) is 112 cm³/mol. The highest BCUT2D eigenvalue weighted by molar-refractivity contribution is 7.98. The number of amides is 3. The van der Waals surface area contributed by atoms with Crippen LogP contribution in [0.2, 0.25) is 0 Å². The van der Waals surface area contributed by atoms with Gasteiger partial charge in [-0.2, -0.15) is 11.8 Å². The van der Waals surface area contributed by atoms with Gasteiger partial charge < -0.3 is 26.4 Å². The van der Waals surface area contributed by atoms with Crippen molar-refractivity contribution in [3.8, 4) is 0 Å². The second-order valence-corrected chi connectivity index (χ2v) is 8.82. The van der Waals surface area contributed by atoms with Crippen molar-refractivity contribution < 1.29 is 24.3 Å². The highest BCUT2D eigenvalue weighted by atomic mass is 32.2. The topological polar surface area (TPSA) is 142 Å². The molecule has 0 aromatic heterocycles. The van der Waals surface area contributed by atoms with E-state index < -0.39 is 47.9 Å². The molecular formula is C19H34N4O5S. The quantitative estimate of drug-likeness (QED) is 0.366. The van der Waals surface area contributed by atoms with E-state index in [1.807, 2.05) is 20.1 Å². The smallest absolute Gasteiger partial charge is 0.326 e. The van der Waals surface area contributed by atoms with Gasteiger partial charge in [0.15, 0.2) is 0 Å². The van der Waals surface area contributed by atoms with Gasteiger partial charge in [-0.1, -0.05) is 13.8 Å². The van der Waals surface area contributed by atoms with Crippen LogP contribution in [0.25, 0.3) is 0 Å². The molecule has 1 saturated heterocycles. The molecule has 0 radical (unpaired) electrons. The molecule has 29 heavy (non-hydrogen) atoms. The molecule has 5 N–H and O–H groups in total. The molecule has 1 aliphatic heterocycles. The van der Waals surface area contributed by atoms with Crippen LogP contribution in [-0.4, -0.2) is 76.4 Å². The van der Waals surface area contributed by atoms with Crippen LogP contribution in [0.4, 0.5) is 0 Å². The van der Waals surface area contributed by atoms with E-state index in [1.165, 1.54) is 11.8 Å². The number of carbonyl (C=O) groups excluding carboxylic acids is 3. The molecule has 0 saturated carbocycles. The number of carboxylic acid groups (broad SMARTS) is 1. The number of carboxylic acids is 1. The number of carbonyl (C=O) groups is 4. The number of hydrogen-bond donors (Lipinski definition) is 4. The lowest BCUT2D eigenvalue weighted by Crippen LogP contribution is -2.56. The highest BCUT2D eigenvalue weighted by Gasteiger charge is 2.37. The third-order valence-corrected chi connectivity index (χ3v) is 5.50. The van der Waals surface area contributed by atoms with Crippen LogP contribution in [0.15, 0.2) is 0 Å². The Kier molecular flexibility index (Phi) is 10.5. The monoisotopic (exact) mass is 430 g/mol. The van der Waals surface area contributed by atoms with Gasteiger partial charge in [0, 0.05) is 6.54 Å². The average Bonchev–Trinajstić information content (AvgIpc) is 3.14. The van der Waals surface area contributed by atoms with Crippen LogP contribution in [0.1, 0.15) is 46.5 Å². The summed E-state index contributed by atoms with van der Waals surface area (Å²) in [6.07, 6.45) is 3.84. The molecule has 1 aliphatic rings. The summed E-state index contributed by atoms with van der Waals surface area (Å²) >= 11 is 1.59. The van der Waals surface area contributed by atoms with Gasteiger partial charge in [0.25, 0.3) is 0 Å². The number of nitrogens with zero attached hydrogens (tertiary/aromatic N) is 1. The van der Waals surface area contributed by atoms with E-state index in [4.69, 9.17) is 5.73 Å². The maximum Gasteiger partial charge on any atom is 0.326 e. The van der Waals surface area contributed by atoms with E-state index in [0.717, 1.165) is 5.75 Å². The maximum atomic E-state index is 12.7. The molecule has 0 aliphatic carbocycles. The molecule has 0 aromatic carbocycles. The van der Waals surface area contributed by atoms with Gasteiger partial charge in [0.2, 0.25) is 17.7 Å². The summed E-state index contributed by atoms with van der Waals surface area (Å²) in [5.74, 6) is -1.48. The van der Waals surface area contributed by atoms with Crippen molar-refractivity contribution in [2.24, 2.45) is 11.7 Å². The normalized spacial score (nSPS) is 19.5. The fraction of sp³-hybridized carbons (Fsp3) is 0.789. The van der Waals surface area contributed by atoms with E-state index in [2.05, 4.69) is 10.6 Å². The Morgan fingerprint density at radius 3 is 2.38 bits per heavy atom. The molecule has 0 aromatic rings. The maximum absolute atomic E-state index is 12.7. The first-order valence-corrected chi connectivity index (χ1v) is 11.4. The van der Waals surface area contributed by atoms with Crippen molar-refractivity contribution >= 4 is 35.5 Å².